The SMILES string of the molecule is CC(=O)c1cc(C(=O)NC(COc2ccccc2F)C(C)(C)C)n(C)c1. The molecule has 0 radical (unpaired) electrons. The second-order valence-corrected chi connectivity index (χ2v) is 7.41. The van der Waals surface area contributed by atoms with Crippen LogP contribution in [0.1, 0.15) is 48.5 Å². The number of Topliss-reactive ketones (excluding diaryl/α,β-unsaturated/α-hetero) is 1. The molecule has 26 heavy (non-hydrogen) atoms. The van der Waals surface area contributed by atoms with Gasteiger partial charge in [-0.2, -0.15) is 0 Å². The summed E-state index contributed by atoms with van der Waals surface area (Å²) in [5.41, 5.74) is 0.554. The molecule has 2 rings (SSSR count). The fourth-order valence-corrected chi connectivity index (χ4v) is 2.46. The molecule has 0 aliphatic heterocycles. The number of halogens is 1. The zero-order valence-electron chi connectivity index (χ0n) is 15.8. The molecule has 0 fully saturated rings. The van der Waals surface area contributed by atoms with E-state index in [0.717, 1.165) is 0 Å². The number of aromatic nitrogens is 1. The number of hydrogen-bond acceptors (Lipinski definition) is 3. The molecule has 1 aromatic carbocycles. The van der Waals surface area contributed by atoms with Gasteiger partial charge in [-0.15, -0.1) is 0 Å². The van der Waals surface area contributed by atoms with Gasteiger partial charge in [0.25, 0.3) is 5.91 Å². The maximum atomic E-state index is 13.7. The molecule has 6 heteroatoms. The van der Waals surface area contributed by atoms with E-state index >= 15 is 0 Å². The molecule has 0 saturated heterocycles. The zero-order valence-corrected chi connectivity index (χ0v) is 15.8. The molecule has 0 aliphatic rings. The highest BCUT2D eigenvalue weighted by Gasteiger charge is 2.28. The largest absolute Gasteiger partial charge is 0.488 e. The quantitative estimate of drug-likeness (QED) is 0.801. The van der Waals surface area contributed by atoms with Gasteiger partial charge in [-0.25, -0.2) is 4.39 Å². The summed E-state index contributed by atoms with van der Waals surface area (Å²) in [7, 11) is 1.71. The van der Waals surface area contributed by atoms with Crippen molar-refractivity contribution < 1.29 is 18.7 Å². The molecule has 0 bridgehead atoms. The van der Waals surface area contributed by atoms with Crippen molar-refractivity contribution in [3.63, 3.8) is 0 Å². The van der Waals surface area contributed by atoms with Crippen molar-refractivity contribution >= 4 is 11.7 Å². The second kappa shape index (κ2) is 7.72. The number of carbonyl (C=O) groups is 2. The highest BCUT2D eigenvalue weighted by Crippen LogP contribution is 2.23. The Morgan fingerprint density at radius 1 is 1.27 bits per heavy atom. The van der Waals surface area contributed by atoms with Crippen molar-refractivity contribution in [3.05, 3.63) is 53.6 Å². The fraction of sp³-hybridized carbons (Fsp3) is 0.400. The Morgan fingerprint density at radius 3 is 2.46 bits per heavy atom. The summed E-state index contributed by atoms with van der Waals surface area (Å²) >= 11 is 0. The van der Waals surface area contributed by atoms with Crippen LogP contribution in [0.15, 0.2) is 36.5 Å². The van der Waals surface area contributed by atoms with Crippen LogP contribution in [0.25, 0.3) is 0 Å². The third kappa shape index (κ3) is 4.71. The van der Waals surface area contributed by atoms with E-state index < -0.39 is 5.82 Å². The standard InChI is InChI=1S/C20H25FN2O3/c1-13(24)14-10-16(23(5)11-14)19(25)22-18(20(2,3)4)12-26-17-9-7-6-8-15(17)21/h6-11,18H,12H2,1-5H3,(H,22,25). The van der Waals surface area contributed by atoms with Crippen LogP contribution in [0.2, 0.25) is 0 Å². The number of amides is 1. The van der Waals surface area contributed by atoms with Gasteiger partial charge in [-0.05, 0) is 30.5 Å². The molecule has 1 unspecified atom stereocenters. The summed E-state index contributed by atoms with van der Waals surface area (Å²) in [4.78, 5) is 24.2. The van der Waals surface area contributed by atoms with Crippen LogP contribution in [0, 0.1) is 11.2 Å². The normalized spacial score (nSPS) is 12.5. The topological polar surface area (TPSA) is 60.3 Å². The number of ketones is 1. The number of ether oxygens (including phenoxy) is 1. The van der Waals surface area contributed by atoms with Crippen LogP contribution in [0.4, 0.5) is 4.39 Å². The van der Waals surface area contributed by atoms with Gasteiger partial charge < -0.3 is 14.6 Å². The average Bonchev–Trinajstić information content (AvgIpc) is 2.94. The third-order valence-electron chi connectivity index (χ3n) is 4.24. The van der Waals surface area contributed by atoms with E-state index in [1.165, 1.54) is 13.0 Å². The molecule has 0 saturated carbocycles. The summed E-state index contributed by atoms with van der Waals surface area (Å²) in [5, 5.41) is 2.94. The number of para-hydroxylation sites is 1. The molecule has 140 valence electrons. The fourth-order valence-electron chi connectivity index (χ4n) is 2.46. The lowest BCUT2D eigenvalue weighted by atomic mass is 9.87. The lowest BCUT2D eigenvalue weighted by Crippen LogP contribution is -2.47. The van der Waals surface area contributed by atoms with Crippen molar-refractivity contribution in [2.75, 3.05) is 6.61 Å². The first-order chi connectivity index (χ1) is 12.1. The summed E-state index contributed by atoms with van der Waals surface area (Å²) in [6.07, 6.45) is 1.62. The van der Waals surface area contributed by atoms with Crippen LogP contribution in [-0.4, -0.2) is 28.9 Å². The Kier molecular flexibility index (Phi) is 5.85. The van der Waals surface area contributed by atoms with Crippen LogP contribution >= 0.6 is 0 Å². The van der Waals surface area contributed by atoms with Crippen molar-refractivity contribution in [1.82, 2.24) is 9.88 Å². The van der Waals surface area contributed by atoms with Gasteiger partial charge in [0.15, 0.2) is 17.3 Å². The maximum Gasteiger partial charge on any atom is 0.268 e. The maximum absolute atomic E-state index is 13.7. The van der Waals surface area contributed by atoms with Gasteiger partial charge in [0.05, 0.1) is 6.04 Å². The molecule has 0 aliphatic carbocycles. The van der Waals surface area contributed by atoms with Crippen LogP contribution in [-0.2, 0) is 7.05 Å². The molecular weight excluding hydrogens is 335 g/mol. The van der Waals surface area contributed by atoms with E-state index in [0.29, 0.717) is 11.3 Å². The summed E-state index contributed by atoms with van der Waals surface area (Å²) in [5.74, 6) is -0.708. The van der Waals surface area contributed by atoms with E-state index in [-0.39, 0.29) is 35.5 Å². The first-order valence-corrected chi connectivity index (χ1v) is 8.45. The molecule has 5 nitrogen and oxygen atoms in total. The van der Waals surface area contributed by atoms with Gasteiger partial charge in [-0.3, -0.25) is 9.59 Å². The summed E-state index contributed by atoms with van der Waals surface area (Å²) in [6.45, 7) is 7.48. The molecule has 1 N–H and O–H groups in total. The molecule has 1 heterocycles. The highest BCUT2D eigenvalue weighted by atomic mass is 19.1. The Morgan fingerprint density at radius 2 is 1.92 bits per heavy atom. The minimum Gasteiger partial charge on any atom is -0.488 e. The van der Waals surface area contributed by atoms with Crippen molar-refractivity contribution in [2.24, 2.45) is 12.5 Å². The lowest BCUT2D eigenvalue weighted by molar-refractivity contribution is 0.0852. The number of nitrogens with one attached hydrogen (secondary N) is 1. The van der Waals surface area contributed by atoms with Gasteiger partial charge in [0.1, 0.15) is 12.3 Å². The van der Waals surface area contributed by atoms with Crippen LogP contribution in [0.5, 0.6) is 5.75 Å². The van der Waals surface area contributed by atoms with E-state index in [1.807, 2.05) is 20.8 Å². The van der Waals surface area contributed by atoms with E-state index in [9.17, 15) is 14.0 Å². The smallest absolute Gasteiger partial charge is 0.268 e. The lowest BCUT2D eigenvalue weighted by Gasteiger charge is -2.31. The van der Waals surface area contributed by atoms with E-state index in [4.69, 9.17) is 4.74 Å². The first kappa shape index (κ1) is 19.7. The average molecular weight is 360 g/mol. The minimum absolute atomic E-state index is 0.102. The van der Waals surface area contributed by atoms with Crippen molar-refractivity contribution in [3.8, 4) is 5.75 Å². The number of carbonyl (C=O) groups excluding carboxylic acids is 2. The highest BCUT2D eigenvalue weighted by molar-refractivity contribution is 5.99. The monoisotopic (exact) mass is 360 g/mol. The molecular formula is C20H25FN2O3. The van der Waals surface area contributed by atoms with Crippen LogP contribution in [0.3, 0.4) is 0 Å². The molecule has 2 aromatic rings. The van der Waals surface area contributed by atoms with Crippen molar-refractivity contribution in [1.29, 1.82) is 0 Å². The minimum atomic E-state index is -0.444. The number of hydrogen-bond donors (Lipinski definition) is 1. The number of nitrogens with zero attached hydrogens (tertiary/aromatic N) is 1. The van der Waals surface area contributed by atoms with Crippen LogP contribution < -0.4 is 10.1 Å². The predicted octanol–water partition coefficient (Wildman–Crippen LogP) is 3.59. The van der Waals surface area contributed by atoms with E-state index in [2.05, 4.69) is 5.32 Å². The van der Waals surface area contributed by atoms with Gasteiger partial charge in [-0.1, -0.05) is 32.9 Å². The Labute approximate surface area is 153 Å². The zero-order chi connectivity index (χ0) is 19.5. The first-order valence-electron chi connectivity index (χ1n) is 8.45. The Bertz CT molecular complexity index is 806. The summed E-state index contributed by atoms with van der Waals surface area (Å²) < 4.78 is 20.9. The Hall–Kier alpha value is -2.63. The van der Waals surface area contributed by atoms with Gasteiger partial charge in [0, 0.05) is 18.8 Å². The summed E-state index contributed by atoms with van der Waals surface area (Å²) in [6, 6.07) is 7.37. The molecule has 1 amide bonds. The van der Waals surface area contributed by atoms with Gasteiger partial charge >= 0.3 is 0 Å². The van der Waals surface area contributed by atoms with E-state index in [1.54, 1.807) is 42.1 Å². The second-order valence-electron chi connectivity index (χ2n) is 7.41. The van der Waals surface area contributed by atoms with Crippen molar-refractivity contribution in [2.45, 2.75) is 33.7 Å². The number of rotatable bonds is 6. The number of aryl methyl sites for hydroxylation is 1. The molecule has 1 aromatic heterocycles. The number of benzene rings is 1. The predicted molar refractivity (Wildman–Crippen MR) is 98.0 cm³/mol. The van der Waals surface area contributed by atoms with Gasteiger partial charge in [0.2, 0.25) is 0 Å². The third-order valence-corrected chi connectivity index (χ3v) is 4.24. The molecule has 0 spiro atoms. The molecule has 1 atom stereocenters. The Balaban J connectivity index is 2.14.